The first-order valence-corrected chi connectivity index (χ1v) is 14.9. The second kappa shape index (κ2) is 9.69. The van der Waals surface area contributed by atoms with E-state index in [2.05, 4.69) is 110 Å². The first-order valence-electron chi connectivity index (χ1n) is 14.9. The maximum absolute atomic E-state index is 13.0. The van der Waals surface area contributed by atoms with Crippen LogP contribution in [0.25, 0.3) is 0 Å². The molecule has 212 valence electrons. The van der Waals surface area contributed by atoms with Crippen LogP contribution in [0, 0.1) is 23.7 Å². The van der Waals surface area contributed by atoms with Crippen molar-refractivity contribution in [2.45, 2.75) is 36.5 Å². The van der Waals surface area contributed by atoms with Crippen molar-refractivity contribution in [1.82, 2.24) is 0 Å². The molecule has 8 aliphatic rings. The molecular formula is C38H36O4. The molecule has 8 aliphatic carbocycles. The Balaban J connectivity index is 1.59. The number of esters is 2. The van der Waals surface area contributed by atoms with Gasteiger partial charge in [-0.25, -0.2) is 9.59 Å². The Hall–Kier alpha value is -4.18. The normalized spacial score (nSPS) is 33.9. The van der Waals surface area contributed by atoms with E-state index in [1.807, 2.05) is 0 Å². The highest BCUT2D eigenvalue weighted by atomic mass is 16.5. The number of allylic oxidation sites excluding steroid dienone is 8. The summed E-state index contributed by atoms with van der Waals surface area (Å²) in [6.07, 6.45) is 17.9. The summed E-state index contributed by atoms with van der Waals surface area (Å²) in [5, 5.41) is 0. The van der Waals surface area contributed by atoms with E-state index >= 15 is 0 Å². The minimum atomic E-state index is -0.528. The van der Waals surface area contributed by atoms with Crippen LogP contribution in [0.4, 0.5) is 0 Å². The summed E-state index contributed by atoms with van der Waals surface area (Å²) in [4.78, 5) is 26.1. The molecule has 8 unspecified atom stereocenters. The van der Waals surface area contributed by atoms with Gasteiger partial charge in [-0.15, -0.1) is 0 Å². The Morgan fingerprint density at radius 3 is 1.43 bits per heavy atom. The molecule has 0 saturated heterocycles. The summed E-state index contributed by atoms with van der Waals surface area (Å²) < 4.78 is 12.4. The van der Waals surface area contributed by atoms with E-state index < -0.39 is 10.8 Å². The van der Waals surface area contributed by atoms with Crippen LogP contribution < -0.4 is 0 Å². The second-order valence-corrected chi connectivity index (χ2v) is 12.7. The highest BCUT2D eigenvalue weighted by Gasteiger charge is 2.70. The summed E-state index contributed by atoms with van der Waals surface area (Å²) >= 11 is 0. The van der Waals surface area contributed by atoms with Crippen molar-refractivity contribution in [2.75, 3.05) is 13.2 Å². The lowest BCUT2D eigenvalue weighted by Crippen LogP contribution is -2.66. The summed E-state index contributed by atoms with van der Waals surface area (Å²) in [6, 6.07) is 17.4. The molecular weight excluding hydrogens is 520 g/mol. The minimum Gasteiger partial charge on any atom is -0.461 e. The summed E-state index contributed by atoms with van der Waals surface area (Å²) in [6.45, 7) is 11.7. The molecule has 0 spiro atoms. The van der Waals surface area contributed by atoms with Gasteiger partial charge in [-0.05, 0) is 59.8 Å². The topological polar surface area (TPSA) is 52.6 Å². The van der Waals surface area contributed by atoms with E-state index in [0.717, 1.165) is 0 Å². The van der Waals surface area contributed by atoms with E-state index in [1.54, 1.807) is 13.8 Å². The lowest BCUT2D eigenvalue weighted by molar-refractivity contribution is -0.146. The number of ether oxygens (including phenoxy) is 2. The Morgan fingerprint density at radius 2 is 1.02 bits per heavy atom. The van der Waals surface area contributed by atoms with Crippen LogP contribution in [-0.4, -0.2) is 25.2 Å². The van der Waals surface area contributed by atoms with Crippen LogP contribution in [0.5, 0.6) is 0 Å². The summed E-state index contributed by atoms with van der Waals surface area (Å²) in [5.74, 6) is -0.369. The zero-order valence-corrected chi connectivity index (χ0v) is 24.2. The number of carbonyl (C=O) groups is 2. The zero-order chi connectivity index (χ0) is 29.2. The molecule has 4 heteroatoms. The molecule has 42 heavy (non-hydrogen) atoms. The molecule has 0 N–H and O–H groups in total. The maximum Gasteiger partial charge on any atom is 0.333 e. The van der Waals surface area contributed by atoms with Crippen molar-refractivity contribution in [3.8, 4) is 0 Å². The summed E-state index contributed by atoms with van der Waals surface area (Å²) in [5.41, 5.74) is 4.68. The Morgan fingerprint density at radius 1 is 0.643 bits per heavy atom. The first kappa shape index (κ1) is 26.7. The molecule has 4 bridgehead atoms. The van der Waals surface area contributed by atoms with Gasteiger partial charge in [0.1, 0.15) is 13.2 Å². The summed E-state index contributed by atoms with van der Waals surface area (Å²) in [7, 11) is 0. The largest absolute Gasteiger partial charge is 0.461 e. The van der Waals surface area contributed by atoms with Crippen LogP contribution in [0.2, 0.25) is 0 Å². The van der Waals surface area contributed by atoms with Gasteiger partial charge in [-0.2, -0.15) is 0 Å². The van der Waals surface area contributed by atoms with Crippen LogP contribution in [-0.2, 0) is 29.9 Å². The Kier molecular flexibility index (Phi) is 6.16. The van der Waals surface area contributed by atoms with Crippen molar-refractivity contribution in [2.24, 2.45) is 23.7 Å². The number of hydrogen-bond donors (Lipinski definition) is 0. The zero-order valence-electron chi connectivity index (χ0n) is 24.2. The fourth-order valence-corrected chi connectivity index (χ4v) is 9.21. The Labute approximate surface area is 247 Å². The monoisotopic (exact) mass is 556 g/mol. The van der Waals surface area contributed by atoms with Gasteiger partial charge in [-0.3, -0.25) is 0 Å². The molecule has 2 aromatic rings. The number of carbonyl (C=O) groups excluding carboxylic acids is 2. The third kappa shape index (κ3) is 3.47. The van der Waals surface area contributed by atoms with E-state index in [0.29, 0.717) is 11.1 Å². The molecule has 2 aromatic carbocycles. The average Bonchev–Trinajstić information content (AvgIpc) is 3.00. The van der Waals surface area contributed by atoms with Crippen molar-refractivity contribution in [3.63, 3.8) is 0 Å². The molecule has 8 atom stereocenters. The lowest BCUT2D eigenvalue weighted by Gasteiger charge is -2.68. The standard InChI is InChI=1S/C38H36O4/c1-23(2)35(39)41-21-37-29-17-9-5-13-25(29)34(26-14-6-10-18-30(26)37)38(22-42-36(40)24(3)4)31-19-11-7-15-27(31)33(37)28-16-8-12-20-32(28)38/h5-20,25,27,29,31,33-34H,1,3,21-22H2,2,4H3. The van der Waals surface area contributed by atoms with Gasteiger partial charge >= 0.3 is 11.9 Å². The van der Waals surface area contributed by atoms with Gasteiger partial charge in [-0.1, -0.05) is 110 Å². The number of rotatable bonds is 6. The van der Waals surface area contributed by atoms with Gasteiger partial charge in [0.15, 0.2) is 0 Å². The number of benzene rings is 2. The van der Waals surface area contributed by atoms with E-state index in [-0.39, 0.29) is 60.7 Å². The van der Waals surface area contributed by atoms with E-state index in [9.17, 15) is 9.59 Å². The van der Waals surface area contributed by atoms with E-state index in [4.69, 9.17) is 9.47 Å². The molecule has 1 fully saturated rings. The Bertz CT molecular complexity index is 1520. The van der Waals surface area contributed by atoms with Crippen molar-refractivity contribution >= 4 is 11.9 Å². The van der Waals surface area contributed by atoms with Crippen LogP contribution in [0.15, 0.2) is 121 Å². The van der Waals surface area contributed by atoms with Crippen LogP contribution in [0.3, 0.4) is 0 Å². The third-order valence-electron chi connectivity index (χ3n) is 10.6. The quantitative estimate of drug-likeness (QED) is 0.283. The van der Waals surface area contributed by atoms with Crippen molar-refractivity contribution in [3.05, 3.63) is 144 Å². The number of hydrogen-bond acceptors (Lipinski definition) is 4. The fraction of sp³-hybridized carbons (Fsp3) is 0.316. The van der Waals surface area contributed by atoms with Gasteiger partial charge in [0.2, 0.25) is 0 Å². The van der Waals surface area contributed by atoms with Gasteiger partial charge in [0.25, 0.3) is 0 Å². The third-order valence-corrected chi connectivity index (χ3v) is 10.6. The van der Waals surface area contributed by atoms with Crippen molar-refractivity contribution < 1.29 is 19.1 Å². The maximum atomic E-state index is 13.0. The highest BCUT2D eigenvalue weighted by Crippen LogP contribution is 2.72. The second-order valence-electron chi connectivity index (χ2n) is 12.7. The van der Waals surface area contributed by atoms with Gasteiger partial charge < -0.3 is 9.47 Å². The lowest BCUT2D eigenvalue weighted by atomic mass is 9.35. The SMILES string of the molecule is C=C(C)C(=O)OCC12c3ccccc3C(C3C=CC=CC31)C1(COC(=O)C(=C)C)c3ccccc3C2C2C=CC=CC21. The highest BCUT2D eigenvalue weighted by molar-refractivity contribution is 5.87. The molecule has 4 nitrogen and oxygen atoms in total. The van der Waals surface area contributed by atoms with Gasteiger partial charge in [0.05, 0.1) is 0 Å². The van der Waals surface area contributed by atoms with Crippen LogP contribution in [0.1, 0.15) is 47.9 Å². The molecule has 1 saturated carbocycles. The smallest absolute Gasteiger partial charge is 0.333 e. The predicted octanol–water partition coefficient (Wildman–Crippen LogP) is 7.03. The first-order chi connectivity index (χ1) is 20.3. The molecule has 0 radical (unpaired) electrons. The predicted molar refractivity (Wildman–Crippen MR) is 164 cm³/mol. The minimum absolute atomic E-state index is 0.00818. The average molecular weight is 557 g/mol. The molecule has 0 aliphatic heterocycles. The fourth-order valence-electron chi connectivity index (χ4n) is 9.21. The van der Waals surface area contributed by atoms with Crippen molar-refractivity contribution in [1.29, 1.82) is 0 Å². The molecule has 0 heterocycles. The molecule has 10 rings (SSSR count). The van der Waals surface area contributed by atoms with E-state index in [1.165, 1.54) is 22.3 Å². The van der Waals surface area contributed by atoms with Crippen LogP contribution >= 0.6 is 0 Å². The van der Waals surface area contributed by atoms with Gasteiger partial charge in [0, 0.05) is 33.8 Å². The molecule has 0 amide bonds. The molecule has 0 aromatic heterocycles.